The quantitative estimate of drug-likeness (QED) is 0.0243. The van der Waals surface area contributed by atoms with Crippen molar-refractivity contribution in [3.8, 4) is 0 Å². The van der Waals surface area contributed by atoms with Gasteiger partial charge in [0.2, 0.25) is 5.91 Å². The van der Waals surface area contributed by atoms with Crippen LogP contribution in [-0.4, -0.2) is 73.4 Å². The Hall–Kier alpha value is -1.28. The Morgan fingerprint density at radius 1 is 0.442 bits per heavy atom. The molecular formula is C68H134N2O6P+. The fraction of sp³-hybridized carbons (Fsp3) is 0.897. The van der Waals surface area contributed by atoms with E-state index in [0.29, 0.717) is 23.9 Å². The van der Waals surface area contributed by atoms with Crippen LogP contribution in [0, 0.1) is 0 Å². The van der Waals surface area contributed by atoms with E-state index in [1.807, 2.05) is 21.1 Å². The number of unbranched alkanes of at least 4 members (excludes halogenated alkanes) is 44. The van der Waals surface area contributed by atoms with Crippen LogP contribution >= 0.6 is 7.82 Å². The number of aliphatic hydroxyl groups excluding tert-OH is 1. The molecule has 0 aromatic carbocycles. The highest BCUT2D eigenvalue weighted by atomic mass is 31.2. The van der Waals surface area contributed by atoms with E-state index >= 15 is 0 Å². The average molecular weight is 1110 g/mol. The fourth-order valence-electron chi connectivity index (χ4n) is 10.4. The number of likely N-dealkylation sites (N-methyl/N-ethyl adjacent to an activating group) is 1. The highest BCUT2D eigenvalue weighted by Gasteiger charge is 2.28. The second kappa shape index (κ2) is 59.3. The van der Waals surface area contributed by atoms with E-state index in [2.05, 4.69) is 55.6 Å². The zero-order chi connectivity index (χ0) is 56.3. The van der Waals surface area contributed by atoms with Crippen molar-refractivity contribution < 1.29 is 32.9 Å². The highest BCUT2D eigenvalue weighted by Crippen LogP contribution is 2.43. The van der Waals surface area contributed by atoms with Gasteiger partial charge in [-0.05, 0) is 51.4 Å². The van der Waals surface area contributed by atoms with Gasteiger partial charge in [-0.2, -0.15) is 0 Å². The van der Waals surface area contributed by atoms with E-state index in [4.69, 9.17) is 9.05 Å². The summed E-state index contributed by atoms with van der Waals surface area (Å²) in [6, 6.07) is -0.767. The number of quaternary nitrogens is 1. The van der Waals surface area contributed by atoms with Crippen LogP contribution in [0.3, 0.4) is 0 Å². The molecule has 0 radical (unpaired) electrons. The zero-order valence-electron chi connectivity index (χ0n) is 52.2. The Bertz CT molecular complexity index is 1350. The third kappa shape index (κ3) is 62.2. The normalized spacial score (nSPS) is 13.9. The van der Waals surface area contributed by atoms with Gasteiger partial charge in [-0.25, -0.2) is 4.57 Å². The summed E-state index contributed by atoms with van der Waals surface area (Å²) in [5.41, 5.74) is 0. The largest absolute Gasteiger partial charge is 0.472 e. The minimum atomic E-state index is -4.33. The molecule has 1 amide bonds. The van der Waals surface area contributed by atoms with Crippen LogP contribution in [-0.2, 0) is 18.4 Å². The molecule has 0 aliphatic heterocycles. The number of hydrogen-bond donors (Lipinski definition) is 3. The van der Waals surface area contributed by atoms with Gasteiger partial charge in [0.05, 0.1) is 39.9 Å². The molecule has 3 N–H and O–H groups in total. The number of nitrogens with zero attached hydrogens (tertiary/aromatic N) is 1. The van der Waals surface area contributed by atoms with Crippen molar-refractivity contribution >= 4 is 13.7 Å². The van der Waals surface area contributed by atoms with Gasteiger partial charge in [-0.1, -0.05) is 320 Å². The van der Waals surface area contributed by atoms with Crippen LogP contribution < -0.4 is 5.32 Å². The number of phosphoric ester groups is 1. The summed E-state index contributed by atoms with van der Waals surface area (Å²) in [6.45, 7) is 4.92. The van der Waals surface area contributed by atoms with Crippen LogP contribution in [0.25, 0.3) is 0 Å². The number of allylic oxidation sites excluding steroid dienone is 6. The highest BCUT2D eigenvalue weighted by molar-refractivity contribution is 7.47. The van der Waals surface area contributed by atoms with Gasteiger partial charge in [0, 0.05) is 6.42 Å². The van der Waals surface area contributed by atoms with Gasteiger partial charge in [-0.3, -0.25) is 13.8 Å². The monoisotopic (exact) mass is 1110 g/mol. The number of carbonyl (C=O) groups excluding carboxylic acids is 1. The van der Waals surface area contributed by atoms with E-state index in [9.17, 15) is 19.4 Å². The molecule has 9 heteroatoms. The molecule has 0 fully saturated rings. The second-order valence-electron chi connectivity index (χ2n) is 24.6. The summed E-state index contributed by atoms with van der Waals surface area (Å²) >= 11 is 0. The Morgan fingerprint density at radius 2 is 0.740 bits per heavy atom. The molecule has 77 heavy (non-hydrogen) atoms. The molecule has 0 rings (SSSR count). The maximum Gasteiger partial charge on any atom is 0.472 e. The van der Waals surface area contributed by atoms with Crippen LogP contribution in [0.5, 0.6) is 0 Å². The Labute approximate surface area is 480 Å². The average Bonchev–Trinajstić information content (AvgIpc) is 3.39. The van der Waals surface area contributed by atoms with Gasteiger partial charge in [-0.15, -0.1) is 0 Å². The molecule has 0 aromatic heterocycles. The number of rotatable bonds is 63. The van der Waals surface area contributed by atoms with Crippen molar-refractivity contribution in [3.05, 3.63) is 36.5 Å². The lowest BCUT2D eigenvalue weighted by Gasteiger charge is -2.26. The number of amides is 1. The van der Waals surface area contributed by atoms with Crippen molar-refractivity contribution in [1.29, 1.82) is 0 Å². The number of nitrogens with one attached hydrogen (secondary N) is 1. The molecule has 0 heterocycles. The topological polar surface area (TPSA) is 105 Å². The fourth-order valence-corrected chi connectivity index (χ4v) is 11.1. The second-order valence-corrected chi connectivity index (χ2v) is 26.0. The first-order chi connectivity index (χ1) is 37.5. The van der Waals surface area contributed by atoms with Crippen molar-refractivity contribution in [2.75, 3.05) is 40.9 Å². The van der Waals surface area contributed by atoms with E-state index in [1.54, 1.807) is 0 Å². The molecule has 3 atom stereocenters. The van der Waals surface area contributed by atoms with Gasteiger partial charge >= 0.3 is 7.82 Å². The number of phosphoric acid groups is 1. The SMILES string of the molecule is CCCCCCC/C=C\C/C=C\C/C=C\CCCCCCCCCCC(=O)NC(COP(=O)(O)OCC[N+](C)(C)C)C(O)CCCCCCCCCCCCCCCCCCCCCCCCCCCCCCCCCC. The lowest BCUT2D eigenvalue weighted by atomic mass is 10.0. The zero-order valence-corrected chi connectivity index (χ0v) is 53.1. The predicted molar refractivity (Wildman–Crippen MR) is 337 cm³/mol. The molecule has 0 saturated heterocycles. The summed E-state index contributed by atoms with van der Waals surface area (Å²) in [7, 11) is 1.62. The van der Waals surface area contributed by atoms with Crippen LogP contribution in [0.15, 0.2) is 36.5 Å². The minimum absolute atomic E-state index is 0.0733. The minimum Gasteiger partial charge on any atom is -0.391 e. The summed E-state index contributed by atoms with van der Waals surface area (Å²) in [5.74, 6) is -0.147. The van der Waals surface area contributed by atoms with Gasteiger partial charge in [0.25, 0.3) is 0 Å². The first kappa shape index (κ1) is 75.7. The summed E-state index contributed by atoms with van der Waals surface area (Å²) in [5, 5.41) is 14.1. The first-order valence-corrected chi connectivity index (χ1v) is 35.3. The summed E-state index contributed by atoms with van der Waals surface area (Å²) in [6.07, 6.45) is 78.1. The van der Waals surface area contributed by atoms with E-state index in [-0.39, 0.29) is 19.1 Å². The summed E-state index contributed by atoms with van der Waals surface area (Å²) < 4.78 is 23.9. The first-order valence-electron chi connectivity index (χ1n) is 33.9. The molecule has 3 unspecified atom stereocenters. The van der Waals surface area contributed by atoms with Crippen LogP contribution in [0.4, 0.5) is 0 Å². The molecule has 0 aliphatic rings. The van der Waals surface area contributed by atoms with Crippen molar-refractivity contribution in [2.24, 2.45) is 0 Å². The molecule has 0 aromatic rings. The van der Waals surface area contributed by atoms with Crippen LogP contribution in [0.1, 0.15) is 341 Å². The lowest BCUT2D eigenvalue weighted by Crippen LogP contribution is -2.46. The molecule has 0 saturated carbocycles. The Morgan fingerprint density at radius 3 is 1.08 bits per heavy atom. The predicted octanol–water partition coefficient (Wildman–Crippen LogP) is 21.3. The third-order valence-electron chi connectivity index (χ3n) is 15.6. The van der Waals surface area contributed by atoms with Gasteiger partial charge in [0.15, 0.2) is 0 Å². The van der Waals surface area contributed by atoms with Crippen molar-refractivity contribution in [3.63, 3.8) is 0 Å². The molecule has 0 bridgehead atoms. The third-order valence-corrected chi connectivity index (χ3v) is 16.6. The molecule has 0 aliphatic carbocycles. The van der Waals surface area contributed by atoms with Crippen LogP contribution in [0.2, 0.25) is 0 Å². The lowest BCUT2D eigenvalue weighted by molar-refractivity contribution is -0.870. The molecular weight excluding hydrogens is 972 g/mol. The summed E-state index contributed by atoms with van der Waals surface area (Å²) in [4.78, 5) is 23.4. The molecule has 8 nitrogen and oxygen atoms in total. The van der Waals surface area contributed by atoms with Crippen molar-refractivity contribution in [2.45, 2.75) is 353 Å². The number of aliphatic hydroxyl groups is 1. The van der Waals surface area contributed by atoms with E-state index in [0.717, 1.165) is 57.8 Å². The van der Waals surface area contributed by atoms with E-state index < -0.39 is 20.0 Å². The Balaban J connectivity index is 4.04. The van der Waals surface area contributed by atoms with Gasteiger partial charge < -0.3 is 19.8 Å². The number of hydrogen-bond acceptors (Lipinski definition) is 5. The van der Waals surface area contributed by atoms with Gasteiger partial charge in [0.1, 0.15) is 13.2 Å². The Kier molecular flexibility index (Phi) is 58.4. The maximum absolute atomic E-state index is 13.0. The number of carbonyl (C=O) groups is 1. The molecule has 456 valence electrons. The standard InChI is InChI=1S/C68H133N2O6P/c1-6-8-10-12-14-16-18-20-22-24-26-28-30-31-32-33-34-35-36-37-38-40-41-43-45-47-49-51-53-55-57-59-61-67(71)66(65-76-77(73,74)75-64-63-70(3,4)5)69-68(72)62-60-58-56-54-52-50-48-46-44-42-39-29-27-25-23-21-19-17-15-13-11-9-7-2/h19,21,25,27,39,42,66-67,71H,6-18,20,22-24,26,28-38,40-41,43-65H2,1-5H3,(H-,69,72,73,74)/p+1/b21-19-,27-25-,42-39-. The smallest absolute Gasteiger partial charge is 0.391 e. The van der Waals surface area contributed by atoms with E-state index in [1.165, 1.54) is 257 Å². The van der Waals surface area contributed by atoms with Crippen molar-refractivity contribution in [1.82, 2.24) is 5.32 Å². The molecule has 0 spiro atoms. The maximum atomic E-state index is 13.0.